The first-order valence-electron chi connectivity index (χ1n) is 17.3. The molecular formula is C38H57FO3. The third-order valence-corrected chi connectivity index (χ3v) is 8.89. The minimum absolute atomic E-state index is 0.107. The maximum absolute atomic E-state index is 13.9. The van der Waals surface area contributed by atoms with Crippen molar-refractivity contribution in [2.75, 3.05) is 6.61 Å². The second-order valence-corrected chi connectivity index (χ2v) is 12.5. The molecule has 2 aromatic carbocycles. The third kappa shape index (κ3) is 13.3. The zero-order valence-electron chi connectivity index (χ0n) is 26.6. The number of hydrogen-bond acceptors (Lipinski definition) is 3. The Kier molecular flexibility index (Phi) is 16.7. The van der Waals surface area contributed by atoms with Crippen molar-refractivity contribution in [2.45, 2.75) is 148 Å². The van der Waals surface area contributed by atoms with Gasteiger partial charge in [-0.3, -0.25) is 0 Å². The minimum atomic E-state index is -1.46. The Labute approximate surface area is 256 Å². The lowest BCUT2D eigenvalue weighted by Gasteiger charge is -2.28. The minimum Gasteiger partial charge on any atom is -0.494 e. The Balaban J connectivity index is 1.27. The zero-order chi connectivity index (χ0) is 29.8. The first kappa shape index (κ1) is 34.1. The summed E-state index contributed by atoms with van der Waals surface area (Å²) in [6.45, 7) is 5.08. The van der Waals surface area contributed by atoms with Crippen LogP contribution in [0, 0.1) is 5.92 Å². The third-order valence-electron chi connectivity index (χ3n) is 8.89. The smallest absolute Gasteiger partial charge is 0.340 e. The molecule has 0 saturated heterocycles. The number of esters is 1. The van der Waals surface area contributed by atoms with Crippen LogP contribution in [0.5, 0.6) is 5.75 Å². The summed E-state index contributed by atoms with van der Waals surface area (Å²) in [6, 6.07) is 17.4. The first-order valence-corrected chi connectivity index (χ1v) is 17.3. The molecule has 1 fully saturated rings. The number of aryl methyl sites for hydroxylation is 1. The highest BCUT2D eigenvalue weighted by Gasteiger charge is 2.27. The topological polar surface area (TPSA) is 35.5 Å². The van der Waals surface area contributed by atoms with Gasteiger partial charge < -0.3 is 9.47 Å². The van der Waals surface area contributed by atoms with Gasteiger partial charge in [-0.25, -0.2) is 9.18 Å². The molecule has 0 unspecified atom stereocenters. The average Bonchev–Trinajstić information content (AvgIpc) is 3.02. The highest BCUT2D eigenvalue weighted by atomic mass is 19.1. The van der Waals surface area contributed by atoms with Gasteiger partial charge in [0.1, 0.15) is 11.9 Å². The zero-order valence-corrected chi connectivity index (χ0v) is 26.6. The van der Waals surface area contributed by atoms with Crippen LogP contribution in [-0.4, -0.2) is 24.9 Å². The highest BCUT2D eigenvalue weighted by Crippen LogP contribution is 2.31. The molecule has 0 spiro atoms. The van der Waals surface area contributed by atoms with Crippen molar-refractivity contribution >= 4 is 5.97 Å². The molecule has 1 atom stereocenters. The molecule has 1 saturated carbocycles. The molecule has 0 bridgehead atoms. The summed E-state index contributed by atoms with van der Waals surface area (Å²) in [4.78, 5) is 12.0. The van der Waals surface area contributed by atoms with Crippen LogP contribution in [0.15, 0.2) is 48.5 Å². The molecule has 1 aliphatic carbocycles. The van der Waals surface area contributed by atoms with Gasteiger partial charge in [0.25, 0.3) is 0 Å². The van der Waals surface area contributed by atoms with Gasteiger partial charge in [0.15, 0.2) is 6.17 Å². The Bertz CT molecular complexity index is 963. The molecule has 1 aliphatic rings. The predicted octanol–water partition coefficient (Wildman–Crippen LogP) is 11.2. The molecule has 0 heterocycles. The van der Waals surface area contributed by atoms with E-state index in [2.05, 4.69) is 55.5 Å². The number of alkyl halides is 1. The molecule has 2 aromatic rings. The normalized spacial score (nSPS) is 17.6. The van der Waals surface area contributed by atoms with Crippen molar-refractivity contribution in [3.05, 3.63) is 54.1 Å². The fraction of sp³-hybridized carbons (Fsp3) is 0.658. The molecule has 0 N–H and O–H groups in total. The molecule has 0 aliphatic heterocycles. The lowest BCUT2D eigenvalue weighted by Crippen LogP contribution is -2.29. The summed E-state index contributed by atoms with van der Waals surface area (Å²) in [6.07, 6.45) is 19.7. The number of ether oxygens (including phenoxy) is 2. The molecule has 234 valence electrons. The van der Waals surface area contributed by atoms with Gasteiger partial charge in [-0.1, -0.05) is 121 Å². The van der Waals surface area contributed by atoms with E-state index in [0.29, 0.717) is 5.92 Å². The first-order chi connectivity index (χ1) is 20.6. The fourth-order valence-corrected chi connectivity index (χ4v) is 6.04. The number of benzene rings is 2. The van der Waals surface area contributed by atoms with Gasteiger partial charge in [0.05, 0.1) is 6.61 Å². The summed E-state index contributed by atoms with van der Waals surface area (Å²) in [7, 11) is 0. The van der Waals surface area contributed by atoms with Crippen LogP contribution >= 0.6 is 0 Å². The summed E-state index contributed by atoms with van der Waals surface area (Å²) in [5.41, 5.74) is 3.80. The Hall–Kier alpha value is -2.36. The highest BCUT2D eigenvalue weighted by molar-refractivity contribution is 5.74. The van der Waals surface area contributed by atoms with E-state index in [1.54, 1.807) is 0 Å². The van der Waals surface area contributed by atoms with Crippen molar-refractivity contribution in [1.82, 2.24) is 0 Å². The standard InChI is InChI=1S/C38H57FO3/c1-3-5-7-8-9-10-11-12-13-14-30-41-35-28-24-34(25-29-35)33-22-18-31(19-23-33)16-17-32-20-26-36(27-21-32)42-38(40)37(39)15-6-4-2/h18-19,22-25,28-29,32,36-37H,3-17,20-21,26-27,30H2,1-2H3/t32?,36?,37-/m0/s1. The van der Waals surface area contributed by atoms with Gasteiger partial charge in [-0.05, 0) is 86.1 Å². The summed E-state index contributed by atoms with van der Waals surface area (Å²) >= 11 is 0. The molecule has 0 amide bonds. The summed E-state index contributed by atoms with van der Waals surface area (Å²) in [5, 5.41) is 0. The molecular weight excluding hydrogens is 523 g/mol. The lowest BCUT2D eigenvalue weighted by atomic mass is 9.83. The number of unbranched alkanes of at least 4 members (excludes halogenated alkanes) is 10. The van der Waals surface area contributed by atoms with E-state index in [9.17, 15) is 9.18 Å². The van der Waals surface area contributed by atoms with Crippen molar-refractivity contribution in [1.29, 1.82) is 0 Å². The molecule has 0 aromatic heterocycles. The number of carbonyl (C=O) groups excluding carboxylic acids is 1. The van der Waals surface area contributed by atoms with Crippen molar-refractivity contribution in [3.8, 4) is 16.9 Å². The quantitative estimate of drug-likeness (QED) is 0.109. The van der Waals surface area contributed by atoms with E-state index in [4.69, 9.17) is 9.47 Å². The van der Waals surface area contributed by atoms with Crippen LogP contribution in [0.1, 0.15) is 135 Å². The van der Waals surface area contributed by atoms with E-state index in [-0.39, 0.29) is 12.5 Å². The Morgan fingerprint density at radius 3 is 1.88 bits per heavy atom. The fourth-order valence-electron chi connectivity index (χ4n) is 6.04. The van der Waals surface area contributed by atoms with Gasteiger partial charge >= 0.3 is 5.97 Å². The van der Waals surface area contributed by atoms with E-state index in [0.717, 1.165) is 70.1 Å². The van der Waals surface area contributed by atoms with Gasteiger partial charge in [0.2, 0.25) is 0 Å². The molecule has 0 radical (unpaired) electrons. The van der Waals surface area contributed by atoms with Crippen LogP contribution in [-0.2, 0) is 16.0 Å². The van der Waals surface area contributed by atoms with E-state index in [1.165, 1.54) is 74.5 Å². The van der Waals surface area contributed by atoms with Crippen molar-refractivity contribution in [3.63, 3.8) is 0 Å². The van der Waals surface area contributed by atoms with Crippen molar-refractivity contribution < 1.29 is 18.7 Å². The van der Waals surface area contributed by atoms with Crippen LogP contribution < -0.4 is 4.74 Å². The van der Waals surface area contributed by atoms with Gasteiger partial charge in [-0.15, -0.1) is 0 Å². The summed E-state index contributed by atoms with van der Waals surface area (Å²) < 4.78 is 25.4. The maximum atomic E-state index is 13.9. The SMILES string of the molecule is CCCCCCCCCCCCOc1ccc(-c2ccc(CCC3CCC(OC(=O)[C@@H](F)CCCC)CC3)cc2)cc1. The number of rotatable bonds is 21. The van der Waals surface area contributed by atoms with Crippen LogP contribution in [0.3, 0.4) is 0 Å². The number of hydrogen-bond donors (Lipinski definition) is 0. The number of halogens is 1. The van der Waals surface area contributed by atoms with Crippen LogP contribution in [0.4, 0.5) is 4.39 Å². The molecule has 3 rings (SSSR count). The van der Waals surface area contributed by atoms with Crippen LogP contribution in [0.25, 0.3) is 11.1 Å². The van der Waals surface area contributed by atoms with E-state index >= 15 is 0 Å². The molecule has 42 heavy (non-hydrogen) atoms. The van der Waals surface area contributed by atoms with Gasteiger partial charge in [-0.2, -0.15) is 0 Å². The Morgan fingerprint density at radius 1 is 0.738 bits per heavy atom. The van der Waals surface area contributed by atoms with E-state index < -0.39 is 12.1 Å². The lowest BCUT2D eigenvalue weighted by molar-refractivity contribution is -0.157. The summed E-state index contributed by atoms with van der Waals surface area (Å²) in [5.74, 6) is 0.948. The van der Waals surface area contributed by atoms with Crippen LogP contribution in [0.2, 0.25) is 0 Å². The van der Waals surface area contributed by atoms with Crippen molar-refractivity contribution in [2.24, 2.45) is 5.92 Å². The maximum Gasteiger partial charge on any atom is 0.340 e. The molecule has 4 heteroatoms. The molecule has 3 nitrogen and oxygen atoms in total. The monoisotopic (exact) mass is 580 g/mol. The van der Waals surface area contributed by atoms with Gasteiger partial charge in [0, 0.05) is 0 Å². The second-order valence-electron chi connectivity index (χ2n) is 12.5. The second kappa shape index (κ2) is 20.5. The van der Waals surface area contributed by atoms with E-state index in [1.807, 2.05) is 6.92 Å². The Morgan fingerprint density at radius 2 is 1.29 bits per heavy atom. The number of carbonyl (C=O) groups is 1. The average molecular weight is 581 g/mol. The largest absolute Gasteiger partial charge is 0.494 e. The predicted molar refractivity (Wildman–Crippen MR) is 174 cm³/mol.